The third kappa shape index (κ3) is 3.81. The van der Waals surface area contributed by atoms with Crippen molar-refractivity contribution in [3.63, 3.8) is 0 Å². The fraction of sp³-hybridized carbons (Fsp3) is 0.643. The second kappa shape index (κ2) is 7.08. The molecule has 0 bridgehead atoms. The summed E-state index contributed by atoms with van der Waals surface area (Å²) in [6, 6.07) is 2.10. The van der Waals surface area contributed by atoms with E-state index in [-0.39, 0.29) is 0 Å². The van der Waals surface area contributed by atoms with Gasteiger partial charge in [0.25, 0.3) is 0 Å². The molecule has 0 saturated carbocycles. The Morgan fingerprint density at radius 2 is 2.42 bits per heavy atom. The van der Waals surface area contributed by atoms with Crippen LogP contribution in [0.25, 0.3) is 0 Å². The highest BCUT2D eigenvalue weighted by molar-refractivity contribution is 6.31. The van der Waals surface area contributed by atoms with Gasteiger partial charge in [-0.1, -0.05) is 18.5 Å². The lowest BCUT2D eigenvalue weighted by Crippen LogP contribution is -2.22. The summed E-state index contributed by atoms with van der Waals surface area (Å²) in [4.78, 5) is 6.76. The van der Waals surface area contributed by atoms with Crippen LogP contribution in [0.4, 0.5) is 5.82 Å². The van der Waals surface area contributed by atoms with Crippen LogP contribution in [0.15, 0.2) is 12.3 Å². The molecule has 5 heteroatoms. The third-order valence-corrected chi connectivity index (χ3v) is 3.84. The largest absolute Gasteiger partial charge is 0.384 e. The zero-order valence-electron chi connectivity index (χ0n) is 11.7. The van der Waals surface area contributed by atoms with Crippen molar-refractivity contribution in [3.8, 4) is 0 Å². The lowest BCUT2D eigenvalue weighted by atomic mass is 10.1. The van der Waals surface area contributed by atoms with Gasteiger partial charge in [0, 0.05) is 38.9 Å². The molecule has 0 amide bonds. The smallest absolute Gasteiger partial charge is 0.128 e. The highest BCUT2D eigenvalue weighted by Gasteiger charge is 2.23. The van der Waals surface area contributed by atoms with E-state index < -0.39 is 0 Å². The lowest BCUT2D eigenvalue weighted by Gasteiger charge is -2.18. The van der Waals surface area contributed by atoms with Gasteiger partial charge in [-0.3, -0.25) is 0 Å². The molecule has 1 aromatic rings. The maximum Gasteiger partial charge on any atom is 0.128 e. The van der Waals surface area contributed by atoms with Gasteiger partial charge in [0.05, 0.1) is 11.6 Å². The number of rotatable bonds is 6. The molecule has 0 spiro atoms. The normalized spacial score (nSPS) is 19.1. The monoisotopic (exact) mass is 283 g/mol. The molecule has 1 aromatic heterocycles. The van der Waals surface area contributed by atoms with Crippen LogP contribution >= 0.6 is 11.6 Å². The Morgan fingerprint density at radius 3 is 3.16 bits per heavy atom. The molecular formula is C14H22ClN3O. The fourth-order valence-electron chi connectivity index (χ4n) is 2.45. The Labute approximate surface area is 120 Å². The second-order valence-electron chi connectivity index (χ2n) is 4.97. The maximum atomic E-state index is 6.18. The van der Waals surface area contributed by atoms with E-state index in [4.69, 9.17) is 16.3 Å². The molecule has 1 saturated heterocycles. The van der Waals surface area contributed by atoms with E-state index in [0.29, 0.717) is 5.92 Å². The molecule has 0 radical (unpaired) electrons. The average Bonchev–Trinajstić information content (AvgIpc) is 2.87. The minimum atomic E-state index is 0.611. The summed E-state index contributed by atoms with van der Waals surface area (Å²) in [5.41, 5.74) is 1.11. The van der Waals surface area contributed by atoms with Gasteiger partial charge in [-0.2, -0.15) is 0 Å². The van der Waals surface area contributed by atoms with Crippen LogP contribution in [-0.4, -0.2) is 38.3 Å². The number of hydrogen-bond acceptors (Lipinski definition) is 4. The Morgan fingerprint density at radius 1 is 1.58 bits per heavy atom. The van der Waals surface area contributed by atoms with Crippen LogP contribution in [-0.2, 0) is 11.3 Å². The number of methoxy groups -OCH3 is 1. The van der Waals surface area contributed by atoms with Crippen molar-refractivity contribution >= 4 is 17.4 Å². The number of aromatic nitrogens is 1. The SMILES string of the molecule is CCNCc1cc(N2CCC(COC)C2)ncc1Cl. The van der Waals surface area contributed by atoms with Crippen molar-refractivity contribution in [1.29, 1.82) is 0 Å². The van der Waals surface area contributed by atoms with Crippen molar-refractivity contribution in [1.82, 2.24) is 10.3 Å². The van der Waals surface area contributed by atoms with E-state index >= 15 is 0 Å². The van der Waals surface area contributed by atoms with E-state index in [1.807, 2.05) is 0 Å². The van der Waals surface area contributed by atoms with Crippen molar-refractivity contribution in [2.24, 2.45) is 5.92 Å². The standard InChI is InChI=1S/C14H22ClN3O/c1-3-16-7-12-6-14(17-8-13(12)15)18-5-4-11(9-18)10-19-2/h6,8,11,16H,3-5,7,9-10H2,1-2H3. The Kier molecular flexibility index (Phi) is 5.43. The molecule has 1 fully saturated rings. The van der Waals surface area contributed by atoms with Gasteiger partial charge >= 0.3 is 0 Å². The highest BCUT2D eigenvalue weighted by Crippen LogP contribution is 2.25. The van der Waals surface area contributed by atoms with Crippen LogP contribution in [0.2, 0.25) is 5.02 Å². The second-order valence-corrected chi connectivity index (χ2v) is 5.38. The maximum absolute atomic E-state index is 6.18. The first-order valence-electron chi connectivity index (χ1n) is 6.83. The van der Waals surface area contributed by atoms with E-state index in [1.54, 1.807) is 13.3 Å². The number of hydrogen-bond donors (Lipinski definition) is 1. The molecule has 4 nitrogen and oxygen atoms in total. The van der Waals surface area contributed by atoms with Gasteiger partial charge in [-0.25, -0.2) is 4.98 Å². The summed E-state index contributed by atoms with van der Waals surface area (Å²) in [5.74, 6) is 1.63. The van der Waals surface area contributed by atoms with Crippen LogP contribution < -0.4 is 10.2 Å². The Balaban J connectivity index is 2.04. The lowest BCUT2D eigenvalue weighted by molar-refractivity contribution is 0.161. The summed E-state index contributed by atoms with van der Waals surface area (Å²) < 4.78 is 5.23. The van der Waals surface area contributed by atoms with Crippen molar-refractivity contribution in [3.05, 3.63) is 22.8 Å². The van der Waals surface area contributed by atoms with Crippen LogP contribution in [0.1, 0.15) is 18.9 Å². The van der Waals surface area contributed by atoms with Crippen molar-refractivity contribution < 1.29 is 4.74 Å². The topological polar surface area (TPSA) is 37.4 Å². The number of halogens is 1. The van der Waals surface area contributed by atoms with Gasteiger partial charge in [0.15, 0.2) is 0 Å². The molecule has 1 atom stereocenters. The first-order chi connectivity index (χ1) is 9.24. The number of ether oxygens (including phenoxy) is 1. The fourth-order valence-corrected chi connectivity index (χ4v) is 2.62. The first-order valence-corrected chi connectivity index (χ1v) is 7.21. The molecule has 19 heavy (non-hydrogen) atoms. The minimum absolute atomic E-state index is 0.611. The number of nitrogens with one attached hydrogen (secondary N) is 1. The van der Waals surface area contributed by atoms with Gasteiger partial charge in [0.1, 0.15) is 5.82 Å². The molecule has 1 aliphatic heterocycles. The van der Waals surface area contributed by atoms with E-state index in [9.17, 15) is 0 Å². The predicted octanol–water partition coefficient (Wildman–Crippen LogP) is 2.32. The quantitative estimate of drug-likeness (QED) is 0.869. The molecule has 2 heterocycles. The van der Waals surface area contributed by atoms with Crippen LogP contribution in [0.5, 0.6) is 0 Å². The third-order valence-electron chi connectivity index (χ3n) is 3.50. The molecule has 1 N–H and O–H groups in total. The summed E-state index contributed by atoms with van der Waals surface area (Å²) in [6.07, 6.45) is 2.92. The molecule has 106 valence electrons. The van der Waals surface area contributed by atoms with E-state index in [2.05, 4.69) is 28.2 Å². The summed E-state index contributed by atoms with van der Waals surface area (Å²) in [5, 5.41) is 4.04. The summed E-state index contributed by atoms with van der Waals surface area (Å²) in [6.45, 7) is 6.71. The van der Waals surface area contributed by atoms with Gasteiger partial charge < -0.3 is 15.0 Å². The number of nitrogens with zero attached hydrogens (tertiary/aromatic N) is 2. The van der Waals surface area contributed by atoms with Crippen molar-refractivity contribution in [2.45, 2.75) is 19.9 Å². The molecule has 0 aliphatic carbocycles. The molecule has 2 rings (SSSR count). The predicted molar refractivity (Wildman–Crippen MR) is 78.8 cm³/mol. The number of pyridine rings is 1. The van der Waals surface area contributed by atoms with Gasteiger partial charge in [-0.15, -0.1) is 0 Å². The summed E-state index contributed by atoms with van der Waals surface area (Å²) in [7, 11) is 1.76. The molecular weight excluding hydrogens is 262 g/mol. The zero-order valence-corrected chi connectivity index (χ0v) is 12.4. The minimum Gasteiger partial charge on any atom is -0.384 e. The Bertz CT molecular complexity index is 414. The highest BCUT2D eigenvalue weighted by atomic mass is 35.5. The van der Waals surface area contributed by atoms with E-state index in [0.717, 1.165) is 49.2 Å². The van der Waals surface area contributed by atoms with Gasteiger partial charge in [-0.05, 0) is 24.6 Å². The first kappa shape index (κ1) is 14.6. The summed E-state index contributed by atoms with van der Waals surface area (Å²) >= 11 is 6.18. The number of anilines is 1. The van der Waals surface area contributed by atoms with Crippen molar-refractivity contribution in [2.75, 3.05) is 38.3 Å². The molecule has 1 aliphatic rings. The molecule has 1 unspecified atom stereocenters. The van der Waals surface area contributed by atoms with Crippen LogP contribution in [0, 0.1) is 5.92 Å². The van der Waals surface area contributed by atoms with E-state index in [1.165, 1.54) is 6.42 Å². The average molecular weight is 284 g/mol. The van der Waals surface area contributed by atoms with Gasteiger partial charge in [0.2, 0.25) is 0 Å². The molecule has 0 aromatic carbocycles. The zero-order chi connectivity index (χ0) is 13.7. The van der Waals surface area contributed by atoms with Crippen LogP contribution in [0.3, 0.4) is 0 Å². The Hall–Kier alpha value is -0.840.